The fourth-order valence-corrected chi connectivity index (χ4v) is 4.37. The number of carbonyl (C=O) groups is 2. The van der Waals surface area contributed by atoms with E-state index in [1.54, 1.807) is 0 Å². The summed E-state index contributed by atoms with van der Waals surface area (Å²) in [5.41, 5.74) is -0.452. The maximum atomic E-state index is 13.5. The molecule has 0 saturated carbocycles. The third kappa shape index (κ3) is 4.28. The number of carbonyl (C=O) groups excluding carboxylic acids is 2. The van der Waals surface area contributed by atoms with Crippen molar-refractivity contribution in [2.24, 2.45) is 11.8 Å². The van der Waals surface area contributed by atoms with E-state index in [4.69, 9.17) is 0 Å². The van der Waals surface area contributed by atoms with Crippen molar-refractivity contribution >= 4 is 29.3 Å². The Bertz CT molecular complexity index is 1090. The van der Waals surface area contributed by atoms with Crippen LogP contribution in [0.15, 0.2) is 23.0 Å². The number of hydrogen-bond donors (Lipinski definition) is 3. The highest BCUT2D eigenvalue weighted by Gasteiger charge is 2.35. The summed E-state index contributed by atoms with van der Waals surface area (Å²) in [6.45, 7) is 5.69. The fourth-order valence-electron chi connectivity index (χ4n) is 4.37. The third-order valence-corrected chi connectivity index (χ3v) is 5.61. The summed E-state index contributed by atoms with van der Waals surface area (Å²) in [6.07, 6.45) is 0.818. The minimum absolute atomic E-state index is 0.0220. The number of H-pyrrole nitrogens is 1. The normalized spacial score (nSPS) is 23.2. The molecule has 1 aromatic carbocycles. The van der Waals surface area contributed by atoms with Crippen LogP contribution < -0.4 is 21.1 Å². The maximum absolute atomic E-state index is 13.5. The van der Waals surface area contributed by atoms with Gasteiger partial charge in [0.25, 0.3) is 5.56 Å². The van der Waals surface area contributed by atoms with Crippen LogP contribution in [0.25, 0.3) is 0 Å². The number of fused-ring (bicyclic) bond motifs is 1. The van der Waals surface area contributed by atoms with Gasteiger partial charge in [-0.1, -0.05) is 13.8 Å². The van der Waals surface area contributed by atoms with Crippen LogP contribution in [0.3, 0.4) is 0 Å². The summed E-state index contributed by atoms with van der Waals surface area (Å²) < 4.78 is 26.6. The van der Waals surface area contributed by atoms with Crippen molar-refractivity contribution in [3.8, 4) is 0 Å². The second-order valence-electron chi connectivity index (χ2n) is 8.43. The van der Waals surface area contributed by atoms with Gasteiger partial charge in [-0.2, -0.15) is 4.98 Å². The lowest BCUT2D eigenvalue weighted by atomic mass is 9.91. The molecule has 1 saturated heterocycles. The summed E-state index contributed by atoms with van der Waals surface area (Å²) in [4.78, 5) is 47.1. The van der Waals surface area contributed by atoms with Gasteiger partial charge in [0.15, 0.2) is 11.6 Å². The molecule has 0 unspecified atom stereocenters. The molecule has 8 nitrogen and oxygen atoms in total. The SMILES string of the molecule is C[C@@H]1C[C@@H](C)CN(c2nc3c(c(=O)[nH]2)[C@@H](C(=O)Nc2ccc(F)c(F)c2)CC(=O)N3)C1. The first-order valence-electron chi connectivity index (χ1n) is 10.2. The van der Waals surface area contributed by atoms with Gasteiger partial charge < -0.3 is 15.5 Å². The highest BCUT2D eigenvalue weighted by Crippen LogP contribution is 2.31. The van der Waals surface area contributed by atoms with Crippen molar-refractivity contribution in [2.45, 2.75) is 32.6 Å². The van der Waals surface area contributed by atoms with Gasteiger partial charge in [-0.15, -0.1) is 0 Å². The summed E-state index contributed by atoms with van der Waals surface area (Å²) in [7, 11) is 0. The zero-order valence-corrected chi connectivity index (χ0v) is 17.2. The number of amides is 2. The minimum Gasteiger partial charge on any atom is -0.342 e. The van der Waals surface area contributed by atoms with Gasteiger partial charge >= 0.3 is 0 Å². The standard InChI is InChI=1S/C21H23F2N5O3/c1-10-5-11(2)9-28(8-10)21-26-18-17(20(31)27-21)13(7-16(29)25-18)19(30)24-12-3-4-14(22)15(23)6-12/h3-4,6,10-11,13H,5,7-9H2,1-2H3,(H,24,30)(H2,25,26,27,29,31)/t10-,11-,13+/m1/s1. The summed E-state index contributed by atoms with van der Waals surface area (Å²) in [5.74, 6) is -3.16. The second-order valence-corrected chi connectivity index (χ2v) is 8.43. The van der Waals surface area contributed by atoms with Crippen LogP contribution >= 0.6 is 0 Å². The van der Waals surface area contributed by atoms with Crippen LogP contribution in [0.5, 0.6) is 0 Å². The molecule has 0 bridgehead atoms. The summed E-state index contributed by atoms with van der Waals surface area (Å²) in [6, 6.07) is 2.92. The van der Waals surface area contributed by atoms with E-state index in [2.05, 4.69) is 34.4 Å². The Balaban J connectivity index is 1.64. The first kappa shape index (κ1) is 21.0. The van der Waals surface area contributed by atoms with E-state index in [0.29, 0.717) is 17.8 Å². The average Bonchev–Trinajstić information content (AvgIpc) is 2.69. The Morgan fingerprint density at radius 1 is 1.16 bits per heavy atom. The van der Waals surface area contributed by atoms with Crippen molar-refractivity contribution < 1.29 is 18.4 Å². The van der Waals surface area contributed by atoms with Crippen LogP contribution in [-0.4, -0.2) is 34.9 Å². The monoisotopic (exact) mass is 431 g/mol. The average molecular weight is 431 g/mol. The van der Waals surface area contributed by atoms with Gasteiger partial charge in [0.05, 0.1) is 11.5 Å². The van der Waals surface area contributed by atoms with Crippen LogP contribution in [-0.2, 0) is 9.59 Å². The van der Waals surface area contributed by atoms with Crippen LogP contribution in [0.1, 0.15) is 38.2 Å². The number of rotatable bonds is 3. The summed E-state index contributed by atoms with van der Waals surface area (Å²) in [5, 5.41) is 5.02. The molecule has 3 heterocycles. The molecule has 10 heteroatoms. The zero-order chi connectivity index (χ0) is 22.3. The molecule has 1 aromatic heterocycles. The fraction of sp³-hybridized carbons (Fsp3) is 0.429. The number of nitrogens with zero attached hydrogens (tertiary/aromatic N) is 2. The molecule has 1 fully saturated rings. The first-order valence-corrected chi connectivity index (χ1v) is 10.2. The Labute approximate surface area is 177 Å². The van der Waals surface area contributed by atoms with E-state index >= 15 is 0 Å². The van der Waals surface area contributed by atoms with Gasteiger partial charge in [0.1, 0.15) is 5.82 Å². The van der Waals surface area contributed by atoms with Crippen molar-refractivity contribution in [3.63, 3.8) is 0 Å². The molecule has 3 N–H and O–H groups in total. The second kappa shape index (κ2) is 8.09. The van der Waals surface area contributed by atoms with E-state index in [1.165, 1.54) is 6.07 Å². The number of aromatic nitrogens is 2. The molecule has 0 spiro atoms. The van der Waals surface area contributed by atoms with Gasteiger partial charge in [0.2, 0.25) is 17.8 Å². The van der Waals surface area contributed by atoms with Crippen molar-refractivity contribution in [1.29, 1.82) is 0 Å². The highest BCUT2D eigenvalue weighted by atomic mass is 19.2. The Hall–Kier alpha value is -3.30. The Morgan fingerprint density at radius 2 is 1.87 bits per heavy atom. The lowest BCUT2D eigenvalue weighted by Gasteiger charge is -2.35. The number of hydrogen-bond acceptors (Lipinski definition) is 5. The molecule has 2 aromatic rings. The smallest absolute Gasteiger partial charge is 0.258 e. The van der Waals surface area contributed by atoms with E-state index < -0.39 is 34.9 Å². The van der Waals surface area contributed by atoms with Gasteiger partial charge in [0, 0.05) is 31.3 Å². The van der Waals surface area contributed by atoms with Crippen LogP contribution in [0.2, 0.25) is 0 Å². The molecule has 2 aliphatic rings. The molecule has 2 amide bonds. The van der Waals surface area contributed by atoms with E-state index in [-0.39, 0.29) is 23.5 Å². The Morgan fingerprint density at radius 3 is 2.55 bits per heavy atom. The third-order valence-electron chi connectivity index (χ3n) is 5.61. The number of piperidine rings is 1. The predicted molar refractivity (Wildman–Crippen MR) is 111 cm³/mol. The number of benzene rings is 1. The quantitative estimate of drug-likeness (QED) is 0.693. The van der Waals surface area contributed by atoms with Gasteiger partial charge in [-0.05, 0) is 30.4 Å². The van der Waals surface area contributed by atoms with E-state index in [0.717, 1.165) is 31.6 Å². The van der Waals surface area contributed by atoms with Crippen molar-refractivity contribution in [1.82, 2.24) is 9.97 Å². The van der Waals surface area contributed by atoms with E-state index in [1.807, 2.05) is 4.90 Å². The van der Waals surface area contributed by atoms with Crippen molar-refractivity contribution in [3.05, 3.63) is 45.8 Å². The van der Waals surface area contributed by atoms with Gasteiger partial charge in [-0.25, -0.2) is 8.78 Å². The molecule has 164 valence electrons. The maximum Gasteiger partial charge on any atom is 0.258 e. The zero-order valence-electron chi connectivity index (χ0n) is 17.2. The highest BCUT2D eigenvalue weighted by molar-refractivity contribution is 6.04. The molecule has 31 heavy (non-hydrogen) atoms. The molecular weight excluding hydrogens is 408 g/mol. The molecule has 3 atom stereocenters. The summed E-state index contributed by atoms with van der Waals surface area (Å²) >= 11 is 0. The molecule has 0 aliphatic carbocycles. The molecule has 4 rings (SSSR count). The number of nitrogens with one attached hydrogen (secondary N) is 3. The lowest BCUT2D eigenvalue weighted by molar-refractivity contribution is -0.123. The largest absolute Gasteiger partial charge is 0.342 e. The predicted octanol–water partition coefficient (Wildman–Crippen LogP) is 2.59. The number of halogens is 2. The van der Waals surface area contributed by atoms with Crippen molar-refractivity contribution in [2.75, 3.05) is 28.6 Å². The van der Waals surface area contributed by atoms with Gasteiger partial charge in [-0.3, -0.25) is 19.4 Å². The molecular formula is C21H23F2N5O3. The topological polar surface area (TPSA) is 107 Å². The van der Waals surface area contributed by atoms with E-state index in [9.17, 15) is 23.2 Å². The van der Waals surface area contributed by atoms with Crippen LogP contribution in [0.4, 0.5) is 26.2 Å². The number of aromatic amines is 1. The minimum atomic E-state index is -1.12. The molecule has 0 radical (unpaired) electrons. The number of anilines is 3. The lowest BCUT2D eigenvalue weighted by Crippen LogP contribution is -2.42. The first-order chi connectivity index (χ1) is 14.7. The molecule has 2 aliphatic heterocycles. The van der Waals surface area contributed by atoms with Crippen LogP contribution in [0, 0.1) is 23.5 Å². The Kier molecular flexibility index (Phi) is 5.47.